The molecule has 17 nitrogen and oxygen atoms in total. The topological polar surface area (TPSA) is 292 Å². The summed E-state index contributed by atoms with van der Waals surface area (Å²) < 4.78 is 128. The summed E-state index contributed by atoms with van der Waals surface area (Å²) in [5.41, 5.74) is 3.88. The molecule has 0 saturated heterocycles. The van der Waals surface area contributed by atoms with E-state index in [9.17, 15) is 57.9 Å². The second kappa shape index (κ2) is 11.4. The molecule has 1 aromatic heterocycles. The van der Waals surface area contributed by atoms with Gasteiger partial charge in [-0.25, -0.2) is 0 Å². The lowest BCUT2D eigenvalue weighted by molar-refractivity contribution is 0.468. The molecule has 0 saturated carbocycles. The van der Waals surface area contributed by atoms with E-state index in [4.69, 9.17) is 17.3 Å². The summed E-state index contributed by atoms with van der Waals surface area (Å²) in [6.45, 7) is 0. The Bertz CT molecular complexity index is 2550. The van der Waals surface area contributed by atoms with E-state index in [0.717, 1.165) is 24.3 Å². The molecular weight excluding hydrogens is 718 g/mol. The van der Waals surface area contributed by atoms with Crippen LogP contribution in [0.2, 0.25) is 5.02 Å². The molecule has 0 aliphatic rings. The first kappa shape index (κ1) is 33.5. The minimum absolute atomic E-state index is 0.0812. The Morgan fingerprint density at radius 1 is 0.766 bits per heavy atom. The van der Waals surface area contributed by atoms with Gasteiger partial charge in [-0.05, 0) is 30.3 Å². The van der Waals surface area contributed by atoms with E-state index in [1.807, 2.05) is 0 Å². The average Bonchev–Trinajstić information content (AvgIpc) is 2.94. The van der Waals surface area contributed by atoms with Gasteiger partial charge in [0.05, 0.1) is 11.1 Å². The molecule has 0 unspecified atom stereocenters. The third-order valence-corrected chi connectivity index (χ3v) is 9.42. The number of nitrogens with zero attached hydrogens (tertiary/aromatic N) is 4. The highest BCUT2D eigenvalue weighted by molar-refractivity contribution is 7.87. The molecule has 0 aliphatic heterocycles. The standard InChI is InChI=1S/C24H15ClF2N6O11S3/c25-18-22(26)30-24(27)31-23(18)29-8-1-2-9-11(5-8)14(45(36,37)38)6-13(34)20(9)33-32-12-4-3-10-15(46(39,40)41)7-16(47(42,43)44)19(28)17(10)21(12)35/h1-7,34-35H,28H2,(H,29,30,31)(H,36,37,38)(H,39,40,41)(H,42,43,44). The van der Waals surface area contributed by atoms with Crippen molar-refractivity contribution in [1.82, 2.24) is 9.97 Å². The summed E-state index contributed by atoms with van der Waals surface area (Å²) in [6, 6.07) is 6.26. The molecule has 4 aromatic carbocycles. The molecule has 0 atom stereocenters. The van der Waals surface area contributed by atoms with E-state index in [1.54, 1.807) is 0 Å². The van der Waals surface area contributed by atoms with Crippen LogP contribution >= 0.6 is 11.6 Å². The second-order valence-electron chi connectivity index (χ2n) is 9.34. The van der Waals surface area contributed by atoms with Gasteiger partial charge in [-0.1, -0.05) is 17.7 Å². The fraction of sp³-hybridized carbons (Fsp3) is 0. The zero-order valence-corrected chi connectivity index (χ0v) is 25.7. The predicted octanol–water partition coefficient (Wildman–Crippen LogP) is 4.61. The highest BCUT2D eigenvalue weighted by atomic mass is 35.5. The quantitative estimate of drug-likeness (QED) is 0.0395. The molecule has 1 heterocycles. The molecule has 246 valence electrons. The number of hydrogen-bond acceptors (Lipinski definition) is 14. The average molecular weight is 733 g/mol. The number of aromatic nitrogens is 2. The number of benzene rings is 4. The van der Waals surface area contributed by atoms with E-state index in [-0.39, 0.29) is 16.5 Å². The zero-order chi connectivity index (χ0) is 34.8. The number of nitrogens with two attached hydrogens (primary N) is 1. The van der Waals surface area contributed by atoms with Gasteiger partial charge in [0.25, 0.3) is 30.4 Å². The Morgan fingerprint density at radius 3 is 1.98 bits per heavy atom. The first-order valence-corrected chi connectivity index (χ1v) is 16.8. The molecule has 8 N–H and O–H groups in total. The van der Waals surface area contributed by atoms with Gasteiger partial charge in [-0.2, -0.15) is 44.0 Å². The lowest BCUT2D eigenvalue weighted by atomic mass is 10.1. The normalized spacial score (nSPS) is 12.7. The molecule has 5 aromatic rings. The van der Waals surface area contributed by atoms with Crippen LogP contribution in [0.25, 0.3) is 21.5 Å². The lowest BCUT2D eigenvalue weighted by Crippen LogP contribution is -2.08. The van der Waals surface area contributed by atoms with Gasteiger partial charge in [0.15, 0.2) is 11.6 Å². The minimum Gasteiger partial charge on any atom is -0.506 e. The first-order chi connectivity index (χ1) is 21.7. The van der Waals surface area contributed by atoms with E-state index in [1.165, 1.54) is 6.07 Å². The van der Waals surface area contributed by atoms with Crippen molar-refractivity contribution in [3.8, 4) is 11.5 Å². The molecule has 0 aliphatic carbocycles. The number of halogens is 3. The van der Waals surface area contributed by atoms with Gasteiger partial charge in [-0.3, -0.25) is 13.7 Å². The molecule has 0 spiro atoms. The third-order valence-electron chi connectivity index (χ3n) is 6.41. The molecule has 47 heavy (non-hydrogen) atoms. The van der Waals surface area contributed by atoms with E-state index in [2.05, 4.69) is 25.5 Å². The summed E-state index contributed by atoms with van der Waals surface area (Å²) in [5, 5.41) is 29.2. The van der Waals surface area contributed by atoms with E-state index >= 15 is 0 Å². The molecule has 0 bridgehead atoms. The SMILES string of the molecule is Nc1c(S(=O)(=O)O)cc(S(=O)(=O)O)c2ccc(N=Nc3c(O)cc(S(=O)(=O)O)c4cc(Nc5nc(F)nc(F)c5Cl)ccc34)c(O)c12. The molecule has 23 heteroatoms. The maximum atomic E-state index is 13.8. The van der Waals surface area contributed by atoms with Gasteiger partial charge < -0.3 is 21.3 Å². The van der Waals surface area contributed by atoms with Crippen molar-refractivity contribution in [1.29, 1.82) is 0 Å². The smallest absolute Gasteiger partial charge is 0.313 e. The van der Waals surface area contributed by atoms with Crippen molar-refractivity contribution in [3.05, 3.63) is 59.5 Å². The van der Waals surface area contributed by atoms with Gasteiger partial charge in [-0.15, -0.1) is 10.2 Å². The predicted molar refractivity (Wildman–Crippen MR) is 159 cm³/mol. The Labute approximate surface area is 266 Å². The number of aromatic hydroxyl groups is 2. The van der Waals surface area contributed by atoms with Crippen molar-refractivity contribution >= 4 is 92.1 Å². The van der Waals surface area contributed by atoms with Crippen LogP contribution in [0.15, 0.2) is 67.4 Å². The number of anilines is 3. The third kappa shape index (κ3) is 6.29. The number of nitrogen functional groups attached to an aromatic ring is 1. The zero-order valence-electron chi connectivity index (χ0n) is 22.5. The first-order valence-electron chi connectivity index (χ1n) is 12.1. The lowest BCUT2D eigenvalue weighted by Gasteiger charge is -2.13. The van der Waals surface area contributed by atoms with Gasteiger partial charge in [0.2, 0.25) is 5.95 Å². The number of nitrogens with one attached hydrogen (secondary N) is 1. The largest absolute Gasteiger partial charge is 0.506 e. The summed E-state index contributed by atoms with van der Waals surface area (Å²) in [4.78, 5) is 3.06. The van der Waals surface area contributed by atoms with Crippen LogP contribution in [0, 0.1) is 12.0 Å². The monoisotopic (exact) mass is 732 g/mol. The maximum absolute atomic E-state index is 13.8. The summed E-state index contributed by atoms with van der Waals surface area (Å²) >= 11 is 5.77. The Kier molecular flexibility index (Phi) is 8.16. The summed E-state index contributed by atoms with van der Waals surface area (Å²) in [5.74, 6) is -3.83. The fourth-order valence-corrected chi connectivity index (χ4v) is 6.72. The van der Waals surface area contributed by atoms with Crippen LogP contribution in [0.1, 0.15) is 0 Å². The highest BCUT2D eigenvalue weighted by Gasteiger charge is 2.27. The number of hydrogen-bond donors (Lipinski definition) is 7. The number of phenols is 2. The highest BCUT2D eigenvalue weighted by Crippen LogP contribution is 2.45. The van der Waals surface area contributed by atoms with Gasteiger partial charge in [0.1, 0.15) is 36.8 Å². The van der Waals surface area contributed by atoms with Crippen LogP contribution in [-0.4, -0.2) is 59.1 Å². The molecule has 0 fully saturated rings. The second-order valence-corrected chi connectivity index (χ2v) is 13.9. The van der Waals surface area contributed by atoms with Crippen LogP contribution in [0.3, 0.4) is 0 Å². The Morgan fingerprint density at radius 2 is 1.36 bits per heavy atom. The summed E-state index contributed by atoms with van der Waals surface area (Å²) in [7, 11) is -15.4. The fourth-order valence-electron chi connectivity index (χ4n) is 4.44. The van der Waals surface area contributed by atoms with Crippen LogP contribution in [-0.2, 0) is 30.4 Å². The number of fused-ring (bicyclic) bond motifs is 2. The Balaban J connectivity index is 1.71. The number of rotatable bonds is 7. The van der Waals surface area contributed by atoms with Gasteiger partial charge >= 0.3 is 6.08 Å². The van der Waals surface area contributed by atoms with E-state index in [0.29, 0.717) is 12.1 Å². The number of azo groups is 1. The van der Waals surface area contributed by atoms with Crippen molar-refractivity contribution in [3.63, 3.8) is 0 Å². The molecular formula is C24H15ClF2N6O11S3. The van der Waals surface area contributed by atoms with Crippen LogP contribution in [0.5, 0.6) is 11.5 Å². The van der Waals surface area contributed by atoms with Crippen molar-refractivity contribution in [2.75, 3.05) is 11.1 Å². The molecule has 5 rings (SSSR count). The van der Waals surface area contributed by atoms with E-state index < -0.39 is 107 Å². The van der Waals surface area contributed by atoms with Crippen LogP contribution in [0.4, 0.5) is 37.3 Å². The minimum atomic E-state index is -5.19. The maximum Gasteiger partial charge on any atom is 0.313 e. The van der Waals surface area contributed by atoms with Crippen molar-refractivity contribution in [2.24, 2.45) is 10.2 Å². The van der Waals surface area contributed by atoms with Gasteiger partial charge in [0, 0.05) is 27.9 Å². The molecule has 0 radical (unpaired) electrons. The van der Waals surface area contributed by atoms with Crippen molar-refractivity contribution < 1.29 is 57.9 Å². The molecule has 0 amide bonds. The number of phenolic OH excluding ortho intramolecular Hbond substituents is 2. The van der Waals surface area contributed by atoms with Crippen molar-refractivity contribution in [2.45, 2.75) is 14.7 Å². The Hall–Kier alpha value is -4.84. The van der Waals surface area contributed by atoms with Crippen LogP contribution < -0.4 is 11.1 Å². The summed E-state index contributed by atoms with van der Waals surface area (Å²) in [6.07, 6.45) is -1.48.